The molecule has 2 aliphatic rings. The van der Waals surface area contributed by atoms with Gasteiger partial charge in [-0.15, -0.1) is 0 Å². The van der Waals surface area contributed by atoms with Crippen molar-refractivity contribution in [2.75, 3.05) is 0 Å². The summed E-state index contributed by atoms with van der Waals surface area (Å²) in [6.07, 6.45) is 9.56. The van der Waals surface area contributed by atoms with Gasteiger partial charge in [0, 0.05) is 0 Å². The third-order valence-corrected chi connectivity index (χ3v) is 18.9. The van der Waals surface area contributed by atoms with Crippen LogP contribution in [0.15, 0.2) is 38.8 Å². The summed E-state index contributed by atoms with van der Waals surface area (Å²) in [4.78, 5) is 0. The zero-order valence-corrected chi connectivity index (χ0v) is 23.8. The number of rotatable bonds is 6. The predicted molar refractivity (Wildman–Crippen MR) is 134 cm³/mol. The normalized spacial score (nSPS) is 25.1. The van der Waals surface area contributed by atoms with E-state index in [1.165, 1.54) is 32.1 Å². The molecule has 0 N–H and O–H groups in total. The number of hydrogen-bond donors (Lipinski definition) is 0. The van der Waals surface area contributed by atoms with Crippen LogP contribution in [0.2, 0.25) is 27.6 Å². The molecule has 1 saturated carbocycles. The van der Waals surface area contributed by atoms with Gasteiger partial charge in [-0.05, 0) is 0 Å². The molecule has 0 heterocycles. The Bertz CT molecular complexity index is 833. The van der Waals surface area contributed by atoms with Crippen molar-refractivity contribution < 1.29 is 17.9 Å². The third kappa shape index (κ3) is 3.71. The Morgan fingerprint density at radius 2 is 1.43 bits per heavy atom. The number of aryl methyl sites for hydroxylation is 2. The second-order valence-electron chi connectivity index (χ2n) is 10.7. The molecule has 0 nitrogen and oxygen atoms in total. The van der Waals surface area contributed by atoms with Gasteiger partial charge in [0.2, 0.25) is 0 Å². The van der Waals surface area contributed by atoms with Crippen LogP contribution in [0, 0.1) is 0 Å². The van der Waals surface area contributed by atoms with Gasteiger partial charge in [0.25, 0.3) is 0 Å². The molecule has 0 radical (unpaired) electrons. The monoisotopic (exact) mass is 457 g/mol. The van der Waals surface area contributed by atoms with Crippen LogP contribution in [0.1, 0.15) is 84.8 Å². The molecule has 2 atom stereocenters. The third-order valence-electron chi connectivity index (χ3n) is 9.18. The molecule has 1 aromatic rings. The van der Waals surface area contributed by atoms with Crippen LogP contribution in [-0.2, 0) is 30.7 Å². The van der Waals surface area contributed by atoms with Crippen LogP contribution >= 0.6 is 0 Å². The zero-order chi connectivity index (χ0) is 22.3. The summed E-state index contributed by atoms with van der Waals surface area (Å²) in [7, 11) is -1.86. The standard InChI is InChI=1S/C26H39Si.2CH3.Ti/c1-8-22-15-23(9-2)17-25(16-22)27(7,24-13-11-10-12-14-24)26(6)18-19(3)20(4)21(26)5;;;/h15-17,24H,8-14H2,1-7H3;2*1H3;. The van der Waals surface area contributed by atoms with Crippen LogP contribution in [0.5, 0.6) is 0 Å². The van der Waals surface area contributed by atoms with Crippen molar-refractivity contribution in [1.29, 1.82) is 0 Å². The SMILES string of the molecule is CCc1cc(CC)cc([Si](C)(C2CCCCC2)C2(C)C(C)=C(C)C(C)=[C]2[Ti]([CH3])[CH3])c1. The molecule has 2 heteroatoms. The second kappa shape index (κ2) is 9.24. The molecule has 0 aromatic heterocycles. The van der Waals surface area contributed by atoms with Crippen molar-refractivity contribution in [2.45, 2.75) is 114 Å². The topological polar surface area (TPSA) is 0 Å². The van der Waals surface area contributed by atoms with E-state index in [9.17, 15) is 0 Å². The van der Waals surface area contributed by atoms with Gasteiger partial charge in [0.15, 0.2) is 0 Å². The molecule has 0 bridgehead atoms. The second-order valence-corrected chi connectivity index (χ2v) is 19.4. The first kappa shape index (κ1) is 24.3. The molecule has 0 amide bonds. The number of allylic oxidation sites excluding steroid dienone is 4. The molecule has 30 heavy (non-hydrogen) atoms. The zero-order valence-electron chi connectivity index (χ0n) is 21.3. The first-order valence-electron chi connectivity index (χ1n) is 12.5. The molecule has 3 rings (SSSR count). The molecule has 2 unspecified atom stereocenters. The average molecular weight is 458 g/mol. The van der Waals surface area contributed by atoms with Gasteiger partial charge < -0.3 is 0 Å². The van der Waals surface area contributed by atoms with Crippen molar-refractivity contribution in [1.82, 2.24) is 0 Å². The van der Waals surface area contributed by atoms with Crippen LogP contribution < -0.4 is 5.19 Å². The molecular formula is C28H45SiTi. The molecule has 0 aliphatic heterocycles. The number of benzene rings is 1. The first-order chi connectivity index (χ1) is 14.1. The molecule has 165 valence electrons. The van der Waals surface area contributed by atoms with Crippen molar-refractivity contribution in [3.05, 3.63) is 49.9 Å². The first-order valence-corrected chi connectivity index (χ1v) is 18.9. The van der Waals surface area contributed by atoms with E-state index in [-0.39, 0.29) is 0 Å². The fourth-order valence-electron chi connectivity index (χ4n) is 7.01. The van der Waals surface area contributed by atoms with Gasteiger partial charge in [-0.2, -0.15) is 0 Å². The number of hydrogen-bond acceptors (Lipinski definition) is 0. The Morgan fingerprint density at radius 3 is 1.90 bits per heavy atom. The van der Waals surface area contributed by atoms with E-state index in [0.29, 0.717) is 5.04 Å². The molecule has 1 aromatic carbocycles. The Labute approximate surface area is 194 Å². The van der Waals surface area contributed by atoms with Crippen LogP contribution in [0.25, 0.3) is 0 Å². The van der Waals surface area contributed by atoms with Gasteiger partial charge >= 0.3 is 195 Å². The molecular weight excluding hydrogens is 412 g/mol. The van der Waals surface area contributed by atoms with E-state index >= 15 is 0 Å². The van der Waals surface area contributed by atoms with E-state index in [1.807, 2.05) is 3.88 Å². The molecule has 0 spiro atoms. The summed E-state index contributed by atoms with van der Waals surface area (Å²) in [6, 6.07) is 7.79. The Hall–Kier alpha value is -0.369. The fourth-order valence-corrected chi connectivity index (χ4v) is 18.7. The van der Waals surface area contributed by atoms with Gasteiger partial charge in [0.1, 0.15) is 0 Å². The summed E-state index contributed by atoms with van der Waals surface area (Å²) in [5.74, 6) is 0. The van der Waals surface area contributed by atoms with Crippen LogP contribution in [-0.4, -0.2) is 8.07 Å². The van der Waals surface area contributed by atoms with Crippen LogP contribution in [0.3, 0.4) is 0 Å². The van der Waals surface area contributed by atoms with Crippen molar-refractivity contribution in [2.24, 2.45) is 0 Å². The van der Waals surface area contributed by atoms with Gasteiger partial charge in [-0.25, -0.2) is 0 Å². The summed E-state index contributed by atoms with van der Waals surface area (Å²) < 4.78 is 1.93. The van der Waals surface area contributed by atoms with Gasteiger partial charge in [0.05, 0.1) is 0 Å². The summed E-state index contributed by atoms with van der Waals surface area (Å²) in [5.41, 5.74) is 9.05. The van der Waals surface area contributed by atoms with E-state index in [2.05, 4.69) is 76.7 Å². The molecule has 2 aliphatic carbocycles. The minimum atomic E-state index is -1.86. The maximum absolute atomic E-state index is 2.81. The Morgan fingerprint density at radius 1 is 0.900 bits per heavy atom. The average Bonchev–Trinajstić information content (AvgIpc) is 2.94. The van der Waals surface area contributed by atoms with Crippen molar-refractivity contribution in [3.63, 3.8) is 0 Å². The van der Waals surface area contributed by atoms with Crippen LogP contribution in [0.4, 0.5) is 0 Å². The molecule has 0 saturated heterocycles. The van der Waals surface area contributed by atoms with Gasteiger partial charge in [-0.1, -0.05) is 0 Å². The fraction of sp³-hybridized carbons (Fsp3) is 0.643. The minimum absolute atomic E-state index is 0.305. The molecule has 1 fully saturated rings. The van der Waals surface area contributed by atoms with E-state index < -0.39 is 25.9 Å². The van der Waals surface area contributed by atoms with E-state index in [0.717, 1.165) is 18.4 Å². The van der Waals surface area contributed by atoms with Gasteiger partial charge in [-0.3, -0.25) is 0 Å². The quantitative estimate of drug-likeness (QED) is 0.376. The maximum atomic E-state index is 2.81. The van der Waals surface area contributed by atoms with E-state index in [4.69, 9.17) is 0 Å². The van der Waals surface area contributed by atoms with Crippen molar-refractivity contribution >= 4 is 13.3 Å². The summed E-state index contributed by atoms with van der Waals surface area (Å²) in [6.45, 7) is 17.6. The Kier molecular flexibility index (Phi) is 7.48. The summed E-state index contributed by atoms with van der Waals surface area (Å²) in [5, 5.41) is 7.29. The Balaban J connectivity index is 2.34. The van der Waals surface area contributed by atoms with Crippen molar-refractivity contribution in [3.8, 4) is 0 Å². The predicted octanol–water partition coefficient (Wildman–Crippen LogP) is 8.53. The summed E-state index contributed by atoms with van der Waals surface area (Å²) >= 11 is -1.23. The van der Waals surface area contributed by atoms with E-state index in [1.54, 1.807) is 33.0 Å².